The summed E-state index contributed by atoms with van der Waals surface area (Å²) in [4.78, 5) is 19.0. The van der Waals surface area contributed by atoms with Gasteiger partial charge in [-0.05, 0) is 12.1 Å². The van der Waals surface area contributed by atoms with E-state index in [9.17, 15) is 18.0 Å². The molecule has 3 heterocycles. The molecule has 130 valence electrons. The largest absolute Gasteiger partial charge is 0.435 e. The Bertz CT molecular complexity index is 945. The van der Waals surface area contributed by atoms with Gasteiger partial charge in [-0.3, -0.25) is 4.79 Å². The summed E-state index contributed by atoms with van der Waals surface area (Å²) in [5.41, 5.74) is 3.80. The fourth-order valence-electron chi connectivity index (χ4n) is 2.28. The highest BCUT2D eigenvalue weighted by Gasteiger charge is 2.38. The van der Waals surface area contributed by atoms with Crippen LogP contribution in [0.2, 0.25) is 5.02 Å². The maximum Gasteiger partial charge on any atom is 0.435 e. The first-order chi connectivity index (χ1) is 11.7. The third-order valence-electron chi connectivity index (χ3n) is 3.41. The van der Waals surface area contributed by atoms with E-state index in [1.165, 1.54) is 29.9 Å². The zero-order valence-corrected chi connectivity index (χ0v) is 13.4. The number of hydrogen-bond acceptors (Lipinski definition) is 4. The molecule has 25 heavy (non-hydrogen) atoms. The van der Waals surface area contributed by atoms with Crippen LogP contribution in [-0.4, -0.2) is 30.2 Å². The van der Waals surface area contributed by atoms with E-state index < -0.39 is 17.8 Å². The van der Waals surface area contributed by atoms with Gasteiger partial charge in [-0.2, -0.15) is 18.3 Å². The fraction of sp³-hybridized carbons (Fsp3) is 0.143. The molecule has 1 amide bonds. The fourth-order valence-corrected chi connectivity index (χ4v) is 2.39. The molecule has 0 fully saturated rings. The second-order valence-electron chi connectivity index (χ2n) is 5.06. The first-order valence-electron chi connectivity index (χ1n) is 6.79. The van der Waals surface area contributed by atoms with Crippen molar-refractivity contribution in [2.45, 2.75) is 6.18 Å². The molecule has 0 atom stereocenters. The summed E-state index contributed by atoms with van der Waals surface area (Å²) in [6.07, 6.45) is -1.14. The Balaban J connectivity index is 2.19. The molecule has 0 radical (unpaired) electrons. The number of nitrogens with zero attached hydrogens (tertiary/aromatic N) is 5. The number of amides is 1. The van der Waals surface area contributed by atoms with Crippen molar-refractivity contribution in [1.29, 1.82) is 0 Å². The van der Waals surface area contributed by atoms with Gasteiger partial charge in [0.05, 0.1) is 22.5 Å². The maximum absolute atomic E-state index is 13.4. The number of hydrogen-bond donors (Lipinski definition) is 1. The van der Waals surface area contributed by atoms with Crippen LogP contribution >= 0.6 is 11.6 Å². The van der Waals surface area contributed by atoms with Gasteiger partial charge in [0.1, 0.15) is 0 Å². The number of nitrogens with two attached hydrogens (primary N) is 1. The molecule has 0 bridgehead atoms. The second-order valence-corrected chi connectivity index (χ2v) is 5.50. The summed E-state index contributed by atoms with van der Waals surface area (Å²) in [7, 11) is 1.39. The highest BCUT2D eigenvalue weighted by atomic mass is 35.5. The van der Waals surface area contributed by atoms with Gasteiger partial charge in [-0.25, -0.2) is 14.6 Å². The molecule has 3 aromatic heterocycles. The molecule has 2 N–H and O–H groups in total. The van der Waals surface area contributed by atoms with E-state index in [1.54, 1.807) is 0 Å². The van der Waals surface area contributed by atoms with E-state index in [1.807, 2.05) is 0 Å². The highest BCUT2D eigenvalue weighted by molar-refractivity contribution is 6.30. The molecule has 0 saturated heterocycles. The predicted octanol–water partition coefficient (Wildman–Crippen LogP) is 2.44. The van der Waals surface area contributed by atoms with Gasteiger partial charge in [-0.15, -0.1) is 0 Å². The van der Waals surface area contributed by atoms with Crippen molar-refractivity contribution in [3.63, 3.8) is 0 Å². The van der Waals surface area contributed by atoms with Crippen LogP contribution in [0.5, 0.6) is 0 Å². The molecule has 0 unspecified atom stereocenters. The predicted molar refractivity (Wildman–Crippen MR) is 82.1 cm³/mol. The molecule has 3 aromatic rings. The topological polar surface area (TPSA) is 91.6 Å². The van der Waals surface area contributed by atoms with Crippen molar-refractivity contribution in [3.05, 3.63) is 47.3 Å². The summed E-state index contributed by atoms with van der Waals surface area (Å²) in [5.74, 6) is -0.868. The second kappa shape index (κ2) is 5.88. The third-order valence-corrected chi connectivity index (χ3v) is 3.64. The van der Waals surface area contributed by atoms with E-state index in [-0.39, 0.29) is 22.9 Å². The third kappa shape index (κ3) is 3.07. The van der Waals surface area contributed by atoms with Gasteiger partial charge in [0.2, 0.25) is 0 Å². The SMILES string of the molecule is Cn1c(-c2cn(-c3ccc(Cl)cn3)nc2C(F)(F)F)cnc1C(N)=O. The molecule has 0 aromatic carbocycles. The number of carbonyl (C=O) groups is 1. The van der Waals surface area contributed by atoms with Crippen LogP contribution in [0.15, 0.2) is 30.7 Å². The molecule has 11 heteroatoms. The van der Waals surface area contributed by atoms with Gasteiger partial charge >= 0.3 is 6.18 Å². The average molecular weight is 371 g/mol. The molecule has 0 aliphatic rings. The molecular weight excluding hydrogens is 361 g/mol. The Morgan fingerprint density at radius 2 is 1.96 bits per heavy atom. The lowest BCUT2D eigenvalue weighted by Gasteiger charge is -2.07. The van der Waals surface area contributed by atoms with Crippen molar-refractivity contribution in [2.75, 3.05) is 0 Å². The molecular formula is C14H10ClF3N6O. The monoisotopic (exact) mass is 370 g/mol. The highest BCUT2D eigenvalue weighted by Crippen LogP contribution is 2.36. The van der Waals surface area contributed by atoms with E-state index in [0.717, 1.165) is 17.1 Å². The molecule has 0 aliphatic heterocycles. The lowest BCUT2D eigenvalue weighted by molar-refractivity contribution is -0.140. The van der Waals surface area contributed by atoms with Crippen molar-refractivity contribution in [2.24, 2.45) is 12.8 Å². The van der Waals surface area contributed by atoms with E-state index in [0.29, 0.717) is 5.02 Å². The number of alkyl halides is 3. The van der Waals surface area contributed by atoms with Crippen molar-refractivity contribution in [1.82, 2.24) is 24.3 Å². The lowest BCUT2D eigenvalue weighted by Crippen LogP contribution is -2.17. The van der Waals surface area contributed by atoms with Crippen molar-refractivity contribution in [3.8, 4) is 17.1 Å². The Hall–Kier alpha value is -2.88. The summed E-state index contributed by atoms with van der Waals surface area (Å²) >= 11 is 5.73. The zero-order chi connectivity index (χ0) is 18.4. The number of primary amides is 1. The van der Waals surface area contributed by atoms with Crippen molar-refractivity contribution >= 4 is 17.5 Å². The van der Waals surface area contributed by atoms with E-state index in [2.05, 4.69) is 15.1 Å². The van der Waals surface area contributed by atoms with Crippen LogP contribution in [0.4, 0.5) is 13.2 Å². The number of rotatable bonds is 3. The minimum Gasteiger partial charge on any atom is -0.363 e. The lowest BCUT2D eigenvalue weighted by atomic mass is 10.2. The Labute approximate surface area is 143 Å². The van der Waals surface area contributed by atoms with Gasteiger partial charge in [0.15, 0.2) is 17.3 Å². The van der Waals surface area contributed by atoms with E-state index in [4.69, 9.17) is 17.3 Å². The normalized spacial score (nSPS) is 11.7. The van der Waals surface area contributed by atoms with Gasteiger partial charge in [-0.1, -0.05) is 11.6 Å². The number of carbonyl (C=O) groups excluding carboxylic acids is 1. The smallest absolute Gasteiger partial charge is 0.363 e. The summed E-state index contributed by atoms with van der Waals surface area (Å²) in [6.45, 7) is 0. The summed E-state index contributed by atoms with van der Waals surface area (Å²) in [6, 6.07) is 2.91. The van der Waals surface area contributed by atoms with Gasteiger partial charge in [0, 0.05) is 19.4 Å². The maximum atomic E-state index is 13.4. The Kier molecular flexibility index (Phi) is 3.99. The average Bonchev–Trinajstić information content (AvgIpc) is 3.11. The van der Waals surface area contributed by atoms with Crippen LogP contribution in [0.25, 0.3) is 17.1 Å². The molecule has 3 rings (SSSR count). The minimum absolute atomic E-state index is 0.0429. The number of pyridine rings is 1. The quantitative estimate of drug-likeness (QED) is 0.766. The van der Waals surface area contributed by atoms with E-state index >= 15 is 0 Å². The Morgan fingerprint density at radius 1 is 1.24 bits per heavy atom. The van der Waals surface area contributed by atoms with Crippen molar-refractivity contribution < 1.29 is 18.0 Å². The van der Waals surface area contributed by atoms with Crippen LogP contribution in [0.3, 0.4) is 0 Å². The standard InChI is InChI=1S/C14H10ClF3N6O/c1-23-9(5-21-13(23)12(19)25)8-6-24(22-11(8)14(16,17)18)10-3-2-7(15)4-20-10/h2-6H,1H3,(H2,19,25). The number of aromatic nitrogens is 5. The van der Waals surface area contributed by atoms with Crippen LogP contribution in [0, 0.1) is 0 Å². The first kappa shape index (κ1) is 17.0. The Morgan fingerprint density at radius 3 is 2.48 bits per heavy atom. The molecule has 0 saturated carbocycles. The zero-order valence-electron chi connectivity index (χ0n) is 12.6. The molecule has 7 nitrogen and oxygen atoms in total. The number of imidazole rings is 1. The van der Waals surface area contributed by atoms with Gasteiger partial charge < -0.3 is 10.3 Å². The molecule has 0 aliphatic carbocycles. The first-order valence-corrected chi connectivity index (χ1v) is 7.17. The van der Waals surface area contributed by atoms with Crippen LogP contribution in [-0.2, 0) is 13.2 Å². The minimum atomic E-state index is -4.72. The summed E-state index contributed by atoms with van der Waals surface area (Å²) in [5, 5.41) is 3.92. The molecule has 0 spiro atoms. The summed E-state index contributed by atoms with van der Waals surface area (Å²) < 4.78 is 42.3. The van der Waals surface area contributed by atoms with Crippen LogP contribution in [0.1, 0.15) is 16.3 Å². The van der Waals surface area contributed by atoms with Crippen LogP contribution < -0.4 is 5.73 Å². The van der Waals surface area contributed by atoms with Gasteiger partial charge in [0.25, 0.3) is 5.91 Å². The number of halogens is 4.